The SMILES string of the molecule is C.COc1cccc(F)c1C1=NCc2cnc(Nc3ccc(C(=O)N4CC(C)NC(C)C4)cc3)nc2-c2ccc(Cl)cc21. The van der Waals surface area contributed by atoms with Gasteiger partial charge in [-0.25, -0.2) is 14.4 Å². The largest absolute Gasteiger partial charge is 0.496 e. The third-order valence-electron chi connectivity index (χ3n) is 7.43. The molecule has 6 rings (SSSR count). The molecule has 3 aromatic carbocycles. The number of aromatic nitrogens is 2. The number of ether oxygens (including phenoxy) is 1. The molecule has 43 heavy (non-hydrogen) atoms. The number of benzene rings is 3. The normalized spacial score (nSPS) is 17.5. The minimum atomic E-state index is -0.443. The van der Waals surface area contributed by atoms with E-state index in [1.807, 2.05) is 35.2 Å². The van der Waals surface area contributed by atoms with E-state index in [2.05, 4.69) is 29.5 Å². The van der Waals surface area contributed by atoms with Gasteiger partial charge in [0.05, 0.1) is 30.6 Å². The fraction of sp³-hybridized carbons (Fsp3) is 0.273. The van der Waals surface area contributed by atoms with Crippen molar-refractivity contribution in [1.82, 2.24) is 20.2 Å². The summed E-state index contributed by atoms with van der Waals surface area (Å²) in [4.78, 5) is 29.1. The van der Waals surface area contributed by atoms with E-state index in [4.69, 9.17) is 26.3 Å². The third-order valence-corrected chi connectivity index (χ3v) is 7.66. The molecule has 4 aromatic rings. The minimum Gasteiger partial charge on any atom is -0.496 e. The van der Waals surface area contributed by atoms with E-state index in [0.717, 1.165) is 16.8 Å². The average molecular weight is 601 g/mol. The maximum atomic E-state index is 15.1. The molecule has 0 bridgehead atoms. The number of anilines is 2. The smallest absolute Gasteiger partial charge is 0.253 e. The molecule has 2 atom stereocenters. The molecule has 8 nitrogen and oxygen atoms in total. The van der Waals surface area contributed by atoms with Crippen LogP contribution in [0.4, 0.5) is 16.0 Å². The lowest BCUT2D eigenvalue weighted by Gasteiger charge is -2.36. The third kappa shape index (κ3) is 6.09. The number of carbonyl (C=O) groups excluding carboxylic acids is 1. The first-order chi connectivity index (χ1) is 20.3. The van der Waals surface area contributed by atoms with Crippen LogP contribution in [0.25, 0.3) is 11.3 Å². The molecule has 0 spiro atoms. The van der Waals surface area contributed by atoms with Crippen molar-refractivity contribution in [1.29, 1.82) is 0 Å². The molecule has 0 saturated carbocycles. The molecular formula is C33H34ClFN6O2. The Hall–Kier alpha value is -4.34. The first-order valence-corrected chi connectivity index (χ1v) is 14.1. The number of nitrogens with one attached hydrogen (secondary N) is 2. The summed E-state index contributed by atoms with van der Waals surface area (Å²) in [5, 5.41) is 7.19. The summed E-state index contributed by atoms with van der Waals surface area (Å²) < 4.78 is 20.6. The van der Waals surface area contributed by atoms with E-state index in [9.17, 15) is 4.79 Å². The van der Waals surface area contributed by atoms with Crippen LogP contribution in [0, 0.1) is 5.82 Å². The van der Waals surface area contributed by atoms with Gasteiger partial charge in [0, 0.05) is 64.3 Å². The van der Waals surface area contributed by atoms with Crippen molar-refractivity contribution in [3.63, 3.8) is 0 Å². The van der Waals surface area contributed by atoms with Crippen LogP contribution >= 0.6 is 11.6 Å². The van der Waals surface area contributed by atoms with Crippen LogP contribution in [-0.2, 0) is 6.54 Å². The van der Waals surface area contributed by atoms with Gasteiger partial charge in [0.15, 0.2) is 0 Å². The molecule has 1 fully saturated rings. The van der Waals surface area contributed by atoms with Gasteiger partial charge < -0.3 is 20.3 Å². The predicted molar refractivity (Wildman–Crippen MR) is 169 cm³/mol. The minimum absolute atomic E-state index is 0. The number of methoxy groups -OCH3 is 1. The number of aliphatic imine (C=N–C) groups is 1. The number of carbonyl (C=O) groups is 1. The molecule has 1 aromatic heterocycles. The fourth-order valence-electron chi connectivity index (χ4n) is 5.60. The zero-order valence-corrected chi connectivity index (χ0v) is 24.2. The summed E-state index contributed by atoms with van der Waals surface area (Å²) in [6, 6.07) is 17.9. The molecule has 2 aliphatic heterocycles. The van der Waals surface area contributed by atoms with Gasteiger partial charge in [-0.3, -0.25) is 9.79 Å². The maximum Gasteiger partial charge on any atom is 0.253 e. The van der Waals surface area contributed by atoms with E-state index >= 15 is 4.39 Å². The van der Waals surface area contributed by atoms with E-state index in [-0.39, 0.29) is 37.5 Å². The van der Waals surface area contributed by atoms with E-state index in [1.54, 1.807) is 30.5 Å². The predicted octanol–water partition coefficient (Wildman–Crippen LogP) is 6.50. The van der Waals surface area contributed by atoms with Gasteiger partial charge in [-0.2, -0.15) is 0 Å². The van der Waals surface area contributed by atoms with Gasteiger partial charge in [0.1, 0.15) is 11.6 Å². The second-order valence-corrected chi connectivity index (χ2v) is 11.1. The summed E-state index contributed by atoms with van der Waals surface area (Å²) in [5.74, 6) is 0.328. The molecule has 222 valence electrons. The summed E-state index contributed by atoms with van der Waals surface area (Å²) in [6.07, 6.45) is 1.72. The van der Waals surface area contributed by atoms with E-state index in [0.29, 0.717) is 52.3 Å². The Labute approximate surface area is 256 Å². The molecule has 10 heteroatoms. The number of rotatable bonds is 5. The monoisotopic (exact) mass is 600 g/mol. The Balaban J connectivity index is 0.00000368. The average Bonchev–Trinajstić information content (AvgIpc) is 3.13. The van der Waals surface area contributed by atoms with Crippen LogP contribution in [0.5, 0.6) is 5.75 Å². The van der Waals surface area contributed by atoms with E-state index < -0.39 is 5.82 Å². The quantitative estimate of drug-likeness (QED) is 0.272. The molecule has 1 amide bonds. The summed E-state index contributed by atoms with van der Waals surface area (Å²) >= 11 is 6.41. The molecule has 0 aliphatic carbocycles. The highest BCUT2D eigenvalue weighted by atomic mass is 35.5. The molecule has 3 heterocycles. The highest BCUT2D eigenvalue weighted by molar-refractivity contribution is 6.31. The standard InChI is InChI=1S/C32H30ClFN6O2.CH4/c1-18-16-40(17-19(2)37-18)31(41)20-7-10-23(11-8-20)38-32-36-15-21-14-35-30(28-26(34)5-4-6-27(28)42-3)25-13-22(33)9-12-24(25)29(21)39-32;/h4-13,15,18-19,37H,14,16-17H2,1-3H3,(H,36,38,39);1H4. The van der Waals surface area contributed by atoms with Crippen molar-refractivity contribution in [3.8, 4) is 17.0 Å². The van der Waals surface area contributed by atoms with Gasteiger partial charge in [-0.05, 0) is 62.4 Å². The second-order valence-electron chi connectivity index (χ2n) is 10.6. The van der Waals surface area contributed by atoms with E-state index in [1.165, 1.54) is 13.2 Å². The molecule has 1 saturated heterocycles. The summed E-state index contributed by atoms with van der Waals surface area (Å²) in [5.41, 5.74) is 4.92. The Kier molecular flexibility index (Phi) is 8.75. The van der Waals surface area contributed by atoms with Crippen molar-refractivity contribution in [3.05, 3.63) is 100.0 Å². The number of amides is 1. The molecular weight excluding hydrogens is 567 g/mol. The lowest BCUT2D eigenvalue weighted by Crippen LogP contribution is -2.55. The zero-order valence-electron chi connectivity index (χ0n) is 23.5. The Morgan fingerprint density at radius 2 is 1.81 bits per heavy atom. The van der Waals surface area contributed by atoms with Crippen LogP contribution in [0.1, 0.15) is 48.3 Å². The highest BCUT2D eigenvalue weighted by Crippen LogP contribution is 2.36. The van der Waals surface area contributed by atoms with Crippen molar-refractivity contribution in [2.24, 2.45) is 4.99 Å². The molecule has 2 aliphatic rings. The molecule has 0 radical (unpaired) electrons. The first kappa shape index (κ1) is 30.1. The number of hydrogen-bond donors (Lipinski definition) is 2. The number of piperazine rings is 1. The number of nitrogens with zero attached hydrogens (tertiary/aromatic N) is 4. The van der Waals surface area contributed by atoms with Crippen LogP contribution in [0.3, 0.4) is 0 Å². The molecule has 2 unspecified atom stereocenters. The lowest BCUT2D eigenvalue weighted by molar-refractivity contribution is 0.0674. The Morgan fingerprint density at radius 1 is 1.07 bits per heavy atom. The van der Waals surface area contributed by atoms with Gasteiger partial charge in [0.2, 0.25) is 5.95 Å². The molecule has 2 N–H and O–H groups in total. The van der Waals surface area contributed by atoms with Crippen molar-refractivity contribution in [2.45, 2.75) is 39.9 Å². The highest BCUT2D eigenvalue weighted by Gasteiger charge is 2.27. The number of halogens is 2. The van der Waals surface area contributed by atoms with Gasteiger partial charge in [0.25, 0.3) is 5.91 Å². The van der Waals surface area contributed by atoms with Crippen LogP contribution in [-0.4, -0.2) is 58.8 Å². The number of fused-ring (bicyclic) bond motifs is 3. The topological polar surface area (TPSA) is 91.7 Å². The van der Waals surface area contributed by atoms with Crippen molar-refractivity contribution < 1.29 is 13.9 Å². The lowest BCUT2D eigenvalue weighted by atomic mass is 9.94. The van der Waals surface area contributed by atoms with Crippen molar-refractivity contribution >= 4 is 34.9 Å². The van der Waals surface area contributed by atoms with Gasteiger partial charge in [-0.15, -0.1) is 0 Å². The Morgan fingerprint density at radius 3 is 2.53 bits per heavy atom. The summed E-state index contributed by atoms with van der Waals surface area (Å²) in [7, 11) is 1.50. The van der Waals surface area contributed by atoms with Crippen molar-refractivity contribution in [2.75, 3.05) is 25.5 Å². The van der Waals surface area contributed by atoms with Gasteiger partial charge >= 0.3 is 0 Å². The maximum absolute atomic E-state index is 15.1. The van der Waals surface area contributed by atoms with Crippen LogP contribution in [0.15, 0.2) is 71.9 Å². The number of hydrogen-bond acceptors (Lipinski definition) is 7. The fourth-order valence-corrected chi connectivity index (χ4v) is 5.77. The van der Waals surface area contributed by atoms with Crippen LogP contribution < -0.4 is 15.4 Å². The summed E-state index contributed by atoms with van der Waals surface area (Å²) in [6.45, 7) is 5.76. The zero-order chi connectivity index (χ0) is 29.4. The second kappa shape index (κ2) is 12.5. The Bertz CT molecular complexity index is 1680. The van der Waals surface area contributed by atoms with Gasteiger partial charge in [-0.1, -0.05) is 31.2 Å². The first-order valence-electron chi connectivity index (χ1n) is 13.8. The van der Waals surface area contributed by atoms with Crippen LogP contribution in [0.2, 0.25) is 5.02 Å².